The first-order valence-corrected chi connectivity index (χ1v) is 28.5. The number of nitrogens with two attached hydrogens (primary N) is 2. The van der Waals surface area contributed by atoms with Crippen molar-refractivity contribution in [2.24, 2.45) is 33.3 Å². The first kappa shape index (κ1) is 55.6. The van der Waals surface area contributed by atoms with Gasteiger partial charge in [-0.25, -0.2) is 39.8 Å². The van der Waals surface area contributed by atoms with E-state index in [4.69, 9.17) is 64.4 Å². The normalized spacial score (nSPS) is 27.6. The number of aromatic nitrogens is 4. The smallest absolute Gasteiger partial charge is 0.489 e. The van der Waals surface area contributed by atoms with E-state index in [1.165, 1.54) is 0 Å². The third-order valence-corrected chi connectivity index (χ3v) is 17.1. The van der Waals surface area contributed by atoms with Gasteiger partial charge >= 0.3 is 7.12 Å². The fourth-order valence-corrected chi connectivity index (χ4v) is 12.1. The monoisotopic (exact) mass is 1150 g/mol. The number of nitrogens with zero attached hydrogens (tertiary/aromatic N) is 8. The van der Waals surface area contributed by atoms with Crippen LogP contribution in [0.25, 0.3) is 22.9 Å². The molecule has 20 heteroatoms. The molecule has 6 atom stereocenters. The molecule has 2 spiro atoms. The molecule has 422 valence electrons. The number of rotatable bonds is 6. The van der Waals surface area contributed by atoms with Crippen LogP contribution in [0, 0.1) is 11.8 Å². The molecule has 7 aliphatic rings. The van der Waals surface area contributed by atoms with E-state index in [0.717, 1.165) is 94.5 Å². The van der Waals surface area contributed by atoms with E-state index in [1.807, 2.05) is 147 Å². The molecule has 4 aromatic heterocycles. The fraction of sp³-hybridized carbons (Fsp3) is 0.467. The van der Waals surface area contributed by atoms with Crippen molar-refractivity contribution in [1.82, 2.24) is 29.2 Å². The Bertz CT molecular complexity index is 3250. The van der Waals surface area contributed by atoms with Crippen molar-refractivity contribution in [3.63, 3.8) is 0 Å². The fourth-order valence-electron chi connectivity index (χ4n) is 11.8. The first-order valence-electron chi connectivity index (χ1n) is 27.7. The molecule has 0 amide bonds. The zero-order valence-electron chi connectivity index (χ0n) is 47.5. The van der Waals surface area contributed by atoms with E-state index in [-0.39, 0.29) is 34.6 Å². The summed E-state index contributed by atoms with van der Waals surface area (Å²) in [5, 5.41) is 3.10. The van der Waals surface area contributed by atoms with Crippen molar-refractivity contribution < 1.29 is 37.9 Å². The second-order valence-electron chi connectivity index (χ2n) is 24.1. The average molecular weight is 1150 g/mol. The van der Waals surface area contributed by atoms with Gasteiger partial charge < -0.3 is 48.9 Å². The Morgan fingerprint density at radius 3 is 1.52 bits per heavy atom. The molecule has 6 aromatic rings. The number of hydroxylamine groups is 4. The van der Waals surface area contributed by atoms with Gasteiger partial charge in [-0.05, 0) is 166 Å². The lowest BCUT2D eigenvalue weighted by Gasteiger charge is -2.44. The minimum atomic E-state index is -0.923. The Morgan fingerprint density at radius 2 is 1.04 bits per heavy atom. The van der Waals surface area contributed by atoms with E-state index in [9.17, 15) is 0 Å². The number of aliphatic imine (C=N–C) groups is 2. The molecule has 80 heavy (non-hydrogen) atoms. The lowest BCUT2D eigenvalue weighted by Crippen LogP contribution is -2.46. The third kappa shape index (κ3) is 11.2. The molecule has 0 bridgehead atoms. The highest BCUT2D eigenvalue weighted by Crippen LogP contribution is 2.52. The molecule has 13 rings (SSSR count). The second kappa shape index (κ2) is 21.2. The van der Waals surface area contributed by atoms with Crippen LogP contribution in [0.3, 0.4) is 0 Å². The van der Waals surface area contributed by atoms with Gasteiger partial charge in [0.25, 0.3) is 0 Å². The highest BCUT2D eigenvalue weighted by molar-refractivity contribution is 9.10. The van der Waals surface area contributed by atoms with Crippen LogP contribution < -0.4 is 26.5 Å². The van der Waals surface area contributed by atoms with Crippen LogP contribution >= 0.6 is 15.9 Å². The van der Waals surface area contributed by atoms with Gasteiger partial charge in [-0.1, -0.05) is 28.1 Å². The van der Waals surface area contributed by atoms with Crippen molar-refractivity contribution >= 4 is 40.6 Å². The van der Waals surface area contributed by atoms with Crippen LogP contribution in [0.15, 0.2) is 136 Å². The molecule has 7 aliphatic heterocycles. The number of hydrogen-bond donors (Lipinski definition) is 2. The van der Waals surface area contributed by atoms with E-state index in [1.54, 1.807) is 24.2 Å². The minimum absolute atomic E-state index is 0.0138. The van der Waals surface area contributed by atoms with E-state index >= 15 is 0 Å². The summed E-state index contributed by atoms with van der Waals surface area (Å²) in [5.74, 6) is 4.80. The predicted octanol–water partition coefficient (Wildman–Crippen LogP) is 9.56. The van der Waals surface area contributed by atoms with Crippen molar-refractivity contribution in [1.29, 1.82) is 0 Å². The summed E-state index contributed by atoms with van der Waals surface area (Å²) in [5.41, 5.74) is 13.9. The predicted molar refractivity (Wildman–Crippen MR) is 310 cm³/mol. The summed E-state index contributed by atoms with van der Waals surface area (Å²) in [6, 6.07) is 31.9. The number of fused-ring (bicyclic) bond motifs is 4. The van der Waals surface area contributed by atoms with Gasteiger partial charge in [-0.15, -0.1) is 0 Å². The summed E-state index contributed by atoms with van der Waals surface area (Å²) < 4.78 is 41.8. The second-order valence-corrected chi connectivity index (χ2v) is 25.0. The summed E-state index contributed by atoms with van der Waals surface area (Å²) in [7, 11) is 3.16. The lowest BCUT2D eigenvalue weighted by atomic mass is 9.79. The maximum Gasteiger partial charge on any atom is 0.514 e. The standard InChI is InChI=1S/C27H31N5O3.C18H24BrN3O3.C15H19BN2O2/c1-26(2)16-19(11-14-33-26)23-17-27(30-25(28)31(3)35-27)20-15-18(9-10-22(20)34-23)21-7-6-8-24(29-21)32-12-4-5-13-32;1-17(2)9-11(6-7-23-17)15-10-18(21-16(20)22(3)25-18)13-8-12(19)4-5-14(13)24-15;1-14(2)15(3,4)20-16(19-14)12-8-7-9-13(17-12)18-10-5-6-11-18/h4-10,12-13,15,19,23H,11,14,16-17H2,1-3H3,(H2,28,30);4-5,8,11,15H,6-7,9-10H2,1-3H3,(H2,20,21);5-11H,1-4H3. The van der Waals surface area contributed by atoms with Crippen LogP contribution in [0.4, 0.5) is 0 Å². The molecule has 0 aliphatic carbocycles. The zero-order valence-corrected chi connectivity index (χ0v) is 49.1. The first-order chi connectivity index (χ1) is 38.0. The zero-order chi connectivity index (χ0) is 56.4. The Kier molecular flexibility index (Phi) is 14.8. The van der Waals surface area contributed by atoms with E-state index in [2.05, 4.69) is 60.7 Å². The number of benzene rings is 2. The number of hydrogen-bond acceptors (Lipinski definition) is 16. The highest BCUT2D eigenvalue weighted by atomic mass is 79.9. The van der Waals surface area contributed by atoms with Crippen molar-refractivity contribution in [3.8, 4) is 34.4 Å². The van der Waals surface area contributed by atoms with Gasteiger partial charge in [0, 0.05) is 86.8 Å². The van der Waals surface area contributed by atoms with Gasteiger partial charge in [-0.2, -0.15) is 0 Å². The van der Waals surface area contributed by atoms with Gasteiger partial charge in [0.05, 0.1) is 44.8 Å². The van der Waals surface area contributed by atoms with Crippen molar-refractivity contribution in [2.75, 3.05) is 27.3 Å². The number of guanidine groups is 2. The molecule has 18 nitrogen and oxygen atoms in total. The topological polar surface area (TPSA) is 193 Å². The highest BCUT2D eigenvalue weighted by Gasteiger charge is 2.54. The van der Waals surface area contributed by atoms with Crippen LogP contribution in [-0.2, 0) is 39.9 Å². The Balaban J connectivity index is 0.000000132. The average Bonchev–Trinajstić information content (AvgIpc) is 4.40. The van der Waals surface area contributed by atoms with Gasteiger partial charge in [0.2, 0.25) is 23.4 Å². The number of pyridine rings is 2. The number of halogens is 1. The van der Waals surface area contributed by atoms with Crippen LogP contribution in [0.1, 0.15) is 105 Å². The molecular weight excluding hydrogens is 1080 g/mol. The number of ether oxygens (including phenoxy) is 4. The molecule has 11 heterocycles. The molecular formula is C60H74BBrN10O8. The summed E-state index contributed by atoms with van der Waals surface area (Å²) in [6.45, 7) is 18.2. The van der Waals surface area contributed by atoms with Crippen LogP contribution in [-0.4, -0.2) is 110 Å². The Hall–Kier alpha value is -6.26. The van der Waals surface area contributed by atoms with E-state index in [0.29, 0.717) is 36.6 Å². The molecule has 4 N–H and O–H groups in total. The van der Waals surface area contributed by atoms with E-state index < -0.39 is 18.6 Å². The van der Waals surface area contributed by atoms with Crippen molar-refractivity contribution in [3.05, 3.63) is 137 Å². The summed E-state index contributed by atoms with van der Waals surface area (Å²) in [6.07, 6.45) is 12.9. The Morgan fingerprint density at radius 1 is 0.562 bits per heavy atom. The largest absolute Gasteiger partial charge is 0.514 e. The molecule has 3 saturated heterocycles. The summed E-state index contributed by atoms with van der Waals surface area (Å²) in [4.78, 5) is 31.5. The quantitative estimate of drug-likeness (QED) is 0.150. The molecule has 2 aromatic carbocycles. The van der Waals surface area contributed by atoms with Crippen LogP contribution in [0.2, 0.25) is 0 Å². The minimum Gasteiger partial charge on any atom is -0.489 e. The summed E-state index contributed by atoms with van der Waals surface area (Å²) >= 11 is 3.54. The van der Waals surface area contributed by atoms with Gasteiger partial charge in [-0.3, -0.25) is 0 Å². The Labute approximate surface area is 477 Å². The molecule has 6 unspecified atom stereocenters. The molecule has 3 fully saturated rings. The van der Waals surface area contributed by atoms with Gasteiger partial charge in [0.15, 0.2) is 0 Å². The molecule has 0 saturated carbocycles. The maximum atomic E-state index is 6.61. The SMILES string of the molecule is CC1(C)OB(c2cccc(-n3cccc3)n2)OC1(C)C.CN1OC2(CC(C3CCOC(C)(C)C3)Oc3ccc(-c4cccc(-n5cccc5)n4)cc32)N=C1N.CN1OC2(CC(C3CCOC(C)(C)C3)Oc3ccc(Br)cc32)N=C1N. The van der Waals surface area contributed by atoms with Crippen LogP contribution in [0.5, 0.6) is 11.5 Å². The third-order valence-electron chi connectivity index (χ3n) is 16.6. The van der Waals surface area contributed by atoms with Gasteiger partial charge in [0.1, 0.15) is 35.3 Å². The van der Waals surface area contributed by atoms with Crippen molar-refractivity contribution in [2.45, 2.75) is 140 Å². The maximum absolute atomic E-state index is 6.61. The molecule has 0 radical (unpaired) electrons. The lowest BCUT2D eigenvalue weighted by molar-refractivity contribution is -0.199.